The molecule has 0 fully saturated rings. The van der Waals surface area contributed by atoms with Crippen molar-refractivity contribution < 1.29 is 57.1 Å². The number of halogens is 18. The molecule has 18 rings (SSSR count). The van der Waals surface area contributed by atoms with E-state index in [-0.39, 0.29) is 84.3 Å². The zero-order chi connectivity index (χ0) is 92.9. The van der Waals surface area contributed by atoms with Crippen LogP contribution in [0.1, 0.15) is 22.3 Å². The Balaban J connectivity index is 0.000000133. The van der Waals surface area contributed by atoms with Gasteiger partial charge < -0.3 is 29.9 Å². The van der Waals surface area contributed by atoms with Crippen molar-refractivity contribution in [1.82, 2.24) is 64.8 Å². The van der Waals surface area contributed by atoms with Crippen molar-refractivity contribution in [1.29, 1.82) is 0 Å². The first-order valence-electron chi connectivity index (χ1n) is 37.7. The number of aromatic nitrogens is 13. The summed E-state index contributed by atoms with van der Waals surface area (Å²) in [5.41, 5.74) is -2.15. The van der Waals surface area contributed by atoms with Crippen LogP contribution in [0, 0.1) is 5.82 Å². The topological polar surface area (TPSA) is 287 Å². The summed E-state index contributed by atoms with van der Waals surface area (Å²) in [6, 6.07) is 72.0. The van der Waals surface area contributed by atoms with E-state index in [1.54, 1.807) is 115 Å². The van der Waals surface area contributed by atoms with Gasteiger partial charge in [0.05, 0.1) is 87.8 Å². The Morgan fingerprint density at radius 2 is 0.623 bits per heavy atom. The fourth-order valence-corrected chi connectivity index (χ4v) is 14.1. The summed E-state index contributed by atoms with van der Waals surface area (Å²) in [6.45, 7) is 0. The molecule has 0 saturated heterocycles. The number of pyridine rings is 1. The third-order valence-electron chi connectivity index (χ3n) is 18.6. The van der Waals surface area contributed by atoms with E-state index in [0.717, 1.165) is 52.5 Å². The molecule has 130 heavy (non-hydrogen) atoms. The Morgan fingerprint density at radius 3 is 1.05 bits per heavy atom. The van der Waals surface area contributed by atoms with Crippen LogP contribution in [0.25, 0.3) is 135 Å². The molecule has 654 valence electrons. The Kier molecular flexibility index (Phi) is 28.7. The van der Waals surface area contributed by atoms with Gasteiger partial charge in [0.25, 0.3) is 33.4 Å². The first-order valence-corrected chi connectivity index (χ1v) is 40.0. The first kappa shape index (κ1) is 93.0. The SMILES string of the molecule is O=c1[nH]c(-c2cc(C(F)(F)F)ccc2Cl)nc2ccccc12.O=c1[nH]c(-c2ccc(Cl)cc2Cl)nc2ccccc12.O=c1[nH]c(-c2ccccc2Br)nc2ccccc12.O=c1cc(-c2ccccc2Cl)nc(-c2ccccc2C(F)(F)F)[nH]1.O=c1cc(-c2ccccc2F)nc(-c2ccccc2C(F)(F)F)[nH]1.O=c1cc(-c2ccccn2)nc(-c2ccccc2C(F)(F)F)[nH]1. The third kappa shape index (κ3) is 22.8. The number of H-pyrrole nitrogens is 6. The van der Waals surface area contributed by atoms with Gasteiger partial charge in [-0.3, -0.25) is 33.8 Å². The summed E-state index contributed by atoms with van der Waals surface area (Å²) in [7, 11) is 0. The van der Waals surface area contributed by atoms with E-state index in [9.17, 15) is 85.8 Å². The standard InChI is InChI=1S/C17H10ClF3N2O.C17H10F4N2O.C16H10F3N3O.C15H8ClF3N2O.C14H9BrN2O.C14H8Cl2N2O/c2*18-13-8-4-2-6-11(13)14-9-15(24)23-16(22-14)10-5-1-3-7-12(10)17(19,20)21;17-16(18,19)11-6-2-1-5-10(11)15-21-13(9-14(23)22-15)12-7-3-4-8-20-12;16-11-6-5-8(15(17,18)19)7-10(11)13-20-12-4-2-1-3-9(12)14(22)21-13;15-11-7-3-1-5-9(11)13-16-12-8-4-2-6-10(12)14(18)17-13;15-8-5-6-9(11(16)7-8)13-17-12-4-2-1-3-10(12)14(19)18-13/h2*1-9H,(H,22,23,24);1-9H,(H,21,22,23);1-7H,(H,20,21,22);1-8H,(H,16,17,18);1-7H,(H,17,18,19). The molecule has 7 aromatic heterocycles. The lowest BCUT2D eigenvalue weighted by atomic mass is 10.1. The highest BCUT2D eigenvalue weighted by molar-refractivity contribution is 9.10. The average molecular weight is 1920 g/mol. The molecule has 0 saturated carbocycles. The van der Waals surface area contributed by atoms with Gasteiger partial charge in [0.2, 0.25) is 0 Å². The number of rotatable bonds is 9. The zero-order valence-corrected chi connectivity index (χ0v) is 70.3. The number of nitrogens with zero attached hydrogens (tertiary/aromatic N) is 7. The number of benzene rings is 11. The van der Waals surface area contributed by atoms with Crippen molar-refractivity contribution >= 4 is 95.0 Å². The second-order valence-electron chi connectivity index (χ2n) is 27.3. The lowest BCUT2D eigenvalue weighted by Gasteiger charge is -2.12. The number of alkyl halides is 12. The van der Waals surface area contributed by atoms with E-state index < -0.39 is 75.0 Å². The quantitative estimate of drug-likeness (QED) is 0.0734. The predicted molar refractivity (Wildman–Crippen MR) is 476 cm³/mol. The number of para-hydroxylation sites is 3. The normalized spacial score (nSPS) is 11.3. The van der Waals surface area contributed by atoms with Gasteiger partial charge in [0.15, 0.2) is 0 Å². The lowest BCUT2D eigenvalue weighted by molar-refractivity contribution is -0.138. The van der Waals surface area contributed by atoms with E-state index in [4.69, 9.17) is 46.4 Å². The van der Waals surface area contributed by atoms with Crippen molar-refractivity contribution in [2.75, 3.05) is 0 Å². The van der Waals surface area contributed by atoms with E-state index in [2.05, 4.69) is 80.7 Å². The maximum atomic E-state index is 13.9. The number of aromatic amines is 6. The Hall–Kier alpha value is -14.6. The molecule has 0 amide bonds. The summed E-state index contributed by atoms with van der Waals surface area (Å²) in [4.78, 5) is 116. The molecule has 19 nitrogen and oxygen atoms in total. The van der Waals surface area contributed by atoms with Gasteiger partial charge in [-0.25, -0.2) is 34.3 Å². The molecule has 0 radical (unpaired) electrons. The van der Waals surface area contributed by atoms with Gasteiger partial charge in [-0.1, -0.05) is 208 Å². The lowest BCUT2D eigenvalue weighted by Crippen LogP contribution is -2.12. The van der Waals surface area contributed by atoms with Crippen molar-refractivity contribution in [3.8, 4) is 102 Å². The summed E-state index contributed by atoms with van der Waals surface area (Å²) in [6.07, 6.45) is -16.7. The monoisotopic (exact) mass is 1920 g/mol. The molecule has 0 bridgehead atoms. The number of nitrogens with one attached hydrogen (secondary N) is 6. The highest BCUT2D eigenvalue weighted by Gasteiger charge is 2.37. The van der Waals surface area contributed by atoms with Crippen LogP contribution in [0.2, 0.25) is 20.1 Å². The molecular weight excluding hydrogens is 1860 g/mol. The van der Waals surface area contributed by atoms with Gasteiger partial charge >= 0.3 is 24.7 Å². The van der Waals surface area contributed by atoms with E-state index >= 15 is 0 Å². The summed E-state index contributed by atoms with van der Waals surface area (Å²) < 4.78 is 172. The van der Waals surface area contributed by atoms with Crippen LogP contribution in [0.15, 0.2) is 331 Å². The molecule has 0 aliphatic carbocycles. The smallest absolute Gasteiger partial charge is 0.306 e. The van der Waals surface area contributed by atoms with Gasteiger partial charge in [0.1, 0.15) is 40.8 Å². The van der Waals surface area contributed by atoms with Crippen LogP contribution in [-0.4, -0.2) is 64.8 Å². The Labute approximate surface area is 751 Å². The van der Waals surface area contributed by atoms with Crippen LogP contribution in [-0.2, 0) is 24.7 Å². The number of hydrogen-bond acceptors (Lipinski definition) is 13. The van der Waals surface area contributed by atoms with Gasteiger partial charge in [-0.15, -0.1) is 0 Å². The minimum absolute atomic E-state index is 0.000185. The van der Waals surface area contributed by atoms with E-state index in [0.29, 0.717) is 76.2 Å². The second-order valence-corrected chi connectivity index (χ2v) is 29.8. The van der Waals surface area contributed by atoms with Crippen LogP contribution >= 0.6 is 62.3 Å². The first-order chi connectivity index (χ1) is 61.9. The van der Waals surface area contributed by atoms with E-state index in [1.807, 2.05) is 48.5 Å². The van der Waals surface area contributed by atoms with E-state index in [1.165, 1.54) is 91.1 Å². The second kappa shape index (κ2) is 40.1. The van der Waals surface area contributed by atoms with Crippen molar-refractivity contribution in [2.24, 2.45) is 0 Å². The van der Waals surface area contributed by atoms with Crippen LogP contribution in [0.5, 0.6) is 0 Å². The van der Waals surface area contributed by atoms with Crippen LogP contribution in [0.3, 0.4) is 0 Å². The van der Waals surface area contributed by atoms with Crippen LogP contribution in [0.4, 0.5) is 57.1 Å². The molecule has 0 spiro atoms. The number of hydrogen-bond donors (Lipinski definition) is 6. The fourth-order valence-electron chi connectivity index (χ4n) is 12.7. The van der Waals surface area contributed by atoms with Gasteiger partial charge in [-0.05, 0) is 127 Å². The molecule has 0 aliphatic rings. The third-order valence-corrected chi connectivity index (χ3v) is 20.5. The number of fused-ring (bicyclic) bond motifs is 3. The van der Waals surface area contributed by atoms with Gasteiger partial charge in [0, 0.05) is 83.4 Å². The van der Waals surface area contributed by atoms with Crippen molar-refractivity contribution in [2.45, 2.75) is 24.7 Å². The molecule has 7 heterocycles. The largest absolute Gasteiger partial charge is 0.417 e. The molecular formula is C93H55BrCl4F13N13O6. The minimum atomic E-state index is -4.61. The average Bonchev–Trinajstić information content (AvgIpc) is 0.840. The molecule has 0 aliphatic heterocycles. The van der Waals surface area contributed by atoms with Crippen molar-refractivity contribution in [3.63, 3.8) is 0 Å². The predicted octanol–water partition coefficient (Wildman–Crippen LogP) is 24.1. The molecule has 0 atom stereocenters. The molecule has 0 unspecified atom stereocenters. The maximum absolute atomic E-state index is 13.9. The Bertz CT molecular complexity index is 7470. The molecule has 11 aromatic carbocycles. The highest BCUT2D eigenvalue weighted by atomic mass is 79.9. The maximum Gasteiger partial charge on any atom is 0.417 e. The molecule has 6 N–H and O–H groups in total. The zero-order valence-electron chi connectivity index (χ0n) is 65.7. The fraction of sp³-hybridized carbons (Fsp3) is 0.0430. The highest BCUT2D eigenvalue weighted by Crippen LogP contribution is 2.41. The van der Waals surface area contributed by atoms with Crippen LogP contribution < -0.4 is 33.4 Å². The summed E-state index contributed by atoms with van der Waals surface area (Å²) >= 11 is 27.5. The Morgan fingerprint density at radius 1 is 0.269 bits per heavy atom. The molecule has 18 aromatic rings. The van der Waals surface area contributed by atoms with Gasteiger partial charge in [-0.2, -0.15) is 52.7 Å². The minimum Gasteiger partial charge on any atom is -0.306 e. The van der Waals surface area contributed by atoms with Crippen molar-refractivity contribution in [3.05, 3.63) is 412 Å². The molecule has 37 heteroatoms. The summed E-state index contributed by atoms with van der Waals surface area (Å²) in [5, 5.41) is 2.93. The summed E-state index contributed by atoms with van der Waals surface area (Å²) in [5.74, 6) is -0.188.